The van der Waals surface area contributed by atoms with Crippen LogP contribution in [0.1, 0.15) is 16.1 Å². The van der Waals surface area contributed by atoms with Crippen molar-refractivity contribution in [1.29, 1.82) is 0 Å². The number of hydrogen-bond acceptors (Lipinski definition) is 4. The van der Waals surface area contributed by atoms with Crippen LogP contribution in [0.4, 0.5) is 5.69 Å². The summed E-state index contributed by atoms with van der Waals surface area (Å²) in [6.07, 6.45) is 3.69. The first kappa shape index (κ1) is 13.5. The summed E-state index contributed by atoms with van der Waals surface area (Å²) >= 11 is 5.96. The molecule has 2 aromatic heterocycles. The van der Waals surface area contributed by atoms with Gasteiger partial charge >= 0.3 is 5.97 Å². The van der Waals surface area contributed by atoms with Gasteiger partial charge in [-0.1, -0.05) is 17.7 Å². The summed E-state index contributed by atoms with van der Waals surface area (Å²) in [4.78, 5) is 16.4. The Bertz CT molecular complexity index is 781. The Morgan fingerprint density at radius 1 is 1.33 bits per heavy atom. The predicted molar refractivity (Wildman–Crippen MR) is 80.2 cm³/mol. The molecule has 3 aromatic rings. The Morgan fingerprint density at radius 3 is 3.00 bits per heavy atom. The molecule has 2 N–H and O–H groups in total. The molecule has 6 heteroatoms. The van der Waals surface area contributed by atoms with Crippen LogP contribution in [0.2, 0.25) is 5.02 Å². The van der Waals surface area contributed by atoms with Gasteiger partial charge in [0.05, 0.1) is 16.3 Å². The fraction of sp³-hybridized carbons (Fsp3) is 0.0667. The van der Waals surface area contributed by atoms with Gasteiger partial charge in [0.15, 0.2) is 0 Å². The van der Waals surface area contributed by atoms with E-state index in [0.29, 0.717) is 16.4 Å². The zero-order valence-corrected chi connectivity index (χ0v) is 11.7. The zero-order chi connectivity index (χ0) is 14.8. The van der Waals surface area contributed by atoms with Gasteiger partial charge in [-0.05, 0) is 30.3 Å². The average Bonchev–Trinajstić information content (AvgIpc) is 2.90. The molecule has 106 valence electrons. The number of rotatable bonds is 3. The molecule has 21 heavy (non-hydrogen) atoms. The summed E-state index contributed by atoms with van der Waals surface area (Å²) in [5, 5.41) is 0.309. The minimum atomic E-state index is -0.524. The minimum absolute atomic E-state index is 0.0750. The second kappa shape index (κ2) is 5.46. The van der Waals surface area contributed by atoms with Gasteiger partial charge in [0, 0.05) is 18.1 Å². The van der Waals surface area contributed by atoms with Crippen molar-refractivity contribution in [1.82, 2.24) is 9.38 Å². The molecule has 0 saturated heterocycles. The van der Waals surface area contributed by atoms with Crippen LogP contribution in [0.5, 0.6) is 0 Å². The van der Waals surface area contributed by atoms with Gasteiger partial charge in [0.25, 0.3) is 0 Å². The summed E-state index contributed by atoms with van der Waals surface area (Å²) in [5.41, 5.74) is 7.81. The Balaban J connectivity index is 1.74. The number of imidazole rings is 1. The lowest BCUT2D eigenvalue weighted by molar-refractivity contribution is 0.0468. The molecular weight excluding hydrogens is 290 g/mol. The Labute approximate surface area is 125 Å². The van der Waals surface area contributed by atoms with Gasteiger partial charge in [-0.25, -0.2) is 9.78 Å². The monoisotopic (exact) mass is 301 g/mol. The van der Waals surface area contributed by atoms with Gasteiger partial charge in [-0.3, -0.25) is 0 Å². The lowest BCUT2D eigenvalue weighted by Gasteiger charge is -2.05. The molecule has 0 atom stereocenters. The Hall–Kier alpha value is -2.53. The molecule has 3 rings (SSSR count). The third-order valence-electron chi connectivity index (χ3n) is 2.98. The van der Waals surface area contributed by atoms with E-state index < -0.39 is 5.97 Å². The highest BCUT2D eigenvalue weighted by molar-refractivity contribution is 6.33. The standard InChI is InChI=1S/C15H12ClN3O2/c16-13-5-4-10(17)7-12(13)15(20)21-9-11-8-19-6-2-1-3-14(19)18-11/h1-8H,9,17H2. The molecule has 0 radical (unpaired) electrons. The normalized spacial score (nSPS) is 10.7. The fourth-order valence-corrected chi connectivity index (χ4v) is 2.17. The number of ether oxygens (including phenoxy) is 1. The lowest BCUT2D eigenvalue weighted by atomic mass is 10.2. The van der Waals surface area contributed by atoms with E-state index in [0.717, 1.165) is 5.65 Å². The highest BCUT2D eigenvalue weighted by Crippen LogP contribution is 2.20. The number of halogens is 1. The number of benzene rings is 1. The van der Waals surface area contributed by atoms with Crippen molar-refractivity contribution in [3.8, 4) is 0 Å². The van der Waals surface area contributed by atoms with Crippen molar-refractivity contribution < 1.29 is 9.53 Å². The van der Waals surface area contributed by atoms with Gasteiger partial charge in [-0.15, -0.1) is 0 Å². The van der Waals surface area contributed by atoms with E-state index in [1.54, 1.807) is 12.1 Å². The van der Waals surface area contributed by atoms with Crippen LogP contribution in [0.3, 0.4) is 0 Å². The van der Waals surface area contributed by atoms with Crippen molar-refractivity contribution >= 4 is 28.9 Å². The van der Waals surface area contributed by atoms with Crippen molar-refractivity contribution in [2.45, 2.75) is 6.61 Å². The number of aromatic nitrogens is 2. The maximum absolute atomic E-state index is 12.0. The number of fused-ring (bicyclic) bond motifs is 1. The fourth-order valence-electron chi connectivity index (χ4n) is 1.97. The number of carbonyl (C=O) groups is 1. The molecule has 0 aliphatic heterocycles. The first-order chi connectivity index (χ1) is 10.1. The van der Waals surface area contributed by atoms with E-state index in [1.165, 1.54) is 6.07 Å². The first-order valence-corrected chi connectivity index (χ1v) is 6.66. The SMILES string of the molecule is Nc1ccc(Cl)c(C(=O)OCc2cn3ccccc3n2)c1. The molecule has 0 saturated carbocycles. The smallest absolute Gasteiger partial charge is 0.340 e. The van der Waals surface area contributed by atoms with Gasteiger partial charge in [0.2, 0.25) is 0 Å². The van der Waals surface area contributed by atoms with Crippen LogP contribution in [0, 0.1) is 0 Å². The van der Waals surface area contributed by atoms with E-state index in [9.17, 15) is 4.79 Å². The molecule has 0 spiro atoms. The second-order valence-electron chi connectivity index (χ2n) is 4.51. The van der Waals surface area contributed by atoms with Crippen LogP contribution in [0.15, 0.2) is 48.8 Å². The Kier molecular flexibility index (Phi) is 3.50. The number of nitrogens with zero attached hydrogens (tertiary/aromatic N) is 2. The van der Waals surface area contributed by atoms with Crippen molar-refractivity contribution in [2.24, 2.45) is 0 Å². The molecule has 0 fully saturated rings. The molecule has 0 aliphatic carbocycles. The van der Waals surface area contributed by atoms with Crippen LogP contribution in [-0.4, -0.2) is 15.4 Å². The van der Waals surface area contributed by atoms with E-state index in [1.807, 2.05) is 35.0 Å². The number of pyridine rings is 1. The molecular formula is C15H12ClN3O2. The number of hydrogen-bond donors (Lipinski definition) is 1. The number of esters is 1. The second-order valence-corrected chi connectivity index (χ2v) is 4.92. The van der Waals surface area contributed by atoms with Crippen molar-refractivity contribution in [2.75, 3.05) is 5.73 Å². The molecule has 2 heterocycles. The number of anilines is 1. The predicted octanol–water partition coefficient (Wildman–Crippen LogP) is 2.93. The number of nitrogens with two attached hydrogens (primary N) is 1. The van der Waals surface area contributed by atoms with E-state index >= 15 is 0 Å². The third kappa shape index (κ3) is 2.83. The summed E-state index contributed by atoms with van der Waals surface area (Å²) in [5.74, 6) is -0.524. The summed E-state index contributed by atoms with van der Waals surface area (Å²) < 4.78 is 7.08. The lowest BCUT2D eigenvalue weighted by Crippen LogP contribution is -2.06. The molecule has 0 amide bonds. The van der Waals surface area contributed by atoms with Crippen LogP contribution < -0.4 is 5.73 Å². The maximum atomic E-state index is 12.0. The van der Waals surface area contributed by atoms with Crippen molar-refractivity contribution in [3.05, 3.63) is 65.1 Å². The van der Waals surface area contributed by atoms with Crippen LogP contribution >= 0.6 is 11.6 Å². The van der Waals surface area contributed by atoms with E-state index in [-0.39, 0.29) is 12.2 Å². The van der Waals surface area contributed by atoms with Crippen LogP contribution in [-0.2, 0) is 11.3 Å². The minimum Gasteiger partial charge on any atom is -0.455 e. The molecule has 0 bridgehead atoms. The van der Waals surface area contributed by atoms with Gasteiger partial charge < -0.3 is 14.9 Å². The van der Waals surface area contributed by atoms with Gasteiger partial charge in [-0.2, -0.15) is 0 Å². The first-order valence-electron chi connectivity index (χ1n) is 6.28. The van der Waals surface area contributed by atoms with Crippen molar-refractivity contribution in [3.63, 3.8) is 0 Å². The number of carbonyl (C=O) groups excluding carboxylic acids is 1. The third-order valence-corrected chi connectivity index (χ3v) is 3.30. The summed E-state index contributed by atoms with van der Waals surface area (Å²) in [6, 6.07) is 10.4. The molecule has 1 aromatic carbocycles. The highest BCUT2D eigenvalue weighted by atomic mass is 35.5. The quantitative estimate of drug-likeness (QED) is 0.596. The zero-order valence-electron chi connectivity index (χ0n) is 11.0. The highest BCUT2D eigenvalue weighted by Gasteiger charge is 2.13. The largest absolute Gasteiger partial charge is 0.455 e. The van der Waals surface area contributed by atoms with Gasteiger partial charge in [0.1, 0.15) is 12.3 Å². The summed E-state index contributed by atoms with van der Waals surface area (Å²) in [7, 11) is 0. The Morgan fingerprint density at radius 2 is 2.19 bits per heavy atom. The van der Waals surface area contributed by atoms with E-state index in [2.05, 4.69) is 4.98 Å². The molecule has 5 nitrogen and oxygen atoms in total. The average molecular weight is 302 g/mol. The topological polar surface area (TPSA) is 69.6 Å². The van der Waals surface area contributed by atoms with E-state index in [4.69, 9.17) is 22.1 Å². The summed E-state index contributed by atoms with van der Waals surface area (Å²) in [6.45, 7) is 0.0750. The van der Waals surface area contributed by atoms with Crippen LogP contribution in [0.25, 0.3) is 5.65 Å². The number of nitrogen functional groups attached to an aromatic ring is 1. The maximum Gasteiger partial charge on any atom is 0.340 e. The molecule has 0 unspecified atom stereocenters. The molecule has 0 aliphatic rings.